The van der Waals surface area contributed by atoms with Crippen LogP contribution in [0.25, 0.3) is 0 Å². The molecule has 27 heavy (non-hydrogen) atoms. The molecule has 0 aliphatic carbocycles. The minimum Gasteiger partial charge on any atom is -0.507 e. The summed E-state index contributed by atoms with van der Waals surface area (Å²) >= 11 is 0. The second-order valence-corrected chi connectivity index (χ2v) is 5.73. The van der Waals surface area contributed by atoms with Gasteiger partial charge in [0.25, 0.3) is 0 Å². The maximum atomic E-state index is 12.5. The Morgan fingerprint density at radius 1 is 1.26 bits per heavy atom. The third-order valence-electron chi connectivity index (χ3n) is 3.59. The molecule has 2 rings (SSSR count). The van der Waals surface area contributed by atoms with Crippen molar-refractivity contribution in [2.75, 3.05) is 0 Å². The van der Waals surface area contributed by atoms with Gasteiger partial charge in [0.1, 0.15) is 11.5 Å². The number of hydrogen-bond donors (Lipinski definition) is 3. The SMILES string of the molecule is Cc1cc(CNC(=O)O)cc(C)c1N=Cc1c(O)cccc1OC(F)(F)F. The van der Waals surface area contributed by atoms with Crippen molar-refractivity contribution >= 4 is 18.0 Å². The molecular weight excluding hydrogens is 365 g/mol. The zero-order valence-corrected chi connectivity index (χ0v) is 14.5. The van der Waals surface area contributed by atoms with Crippen molar-refractivity contribution < 1.29 is 32.9 Å². The van der Waals surface area contributed by atoms with E-state index in [0.717, 1.165) is 17.8 Å². The largest absolute Gasteiger partial charge is 0.573 e. The number of carbonyl (C=O) groups is 1. The van der Waals surface area contributed by atoms with Crippen LogP contribution in [0.5, 0.6) is 11.5 Å². The lowest BCUT2D eigenvalue weighted by molar-refractivity contribution is -0.274. The van der Waals surface area contributed by atoms with Crippen LogP contribution >= 0.6 is 0 Å². The number of aromatic hydroxyl groups is 1. The summed E-state index contributed by atoms with van der Waals surface area (Å²) in [6, 6.07) is 6.97. The molecule has 6 nitrogen and oxygen atoms in total. The normalized spacial score (nSPS) is 11.6. The molecule has 0 bridgehead atoms. The van der Waals surface area contributed by atoms with Gasteiger partial charge in [0.2, 0.25) is 0 Å². The van der Waals surface area contributed by atoms with Gasteiger partial charge < -0.3 is 20.3 Å². The van der Waals surface area contributed by atoms with Crippen LogP contribution in [0, 0.1) is 13.8 Å². The zero-order chi connectivity index (χ0) is 20.2. The first-order chi connectivity index (χ1) is 12.6. The average molecular weight is 382 g/mol. The molecule has 0 saturated heterocycles. The van der Waals surface area contributed by atoms with E-state index in [1.54, 1.807) is 26.0 Å². The first kappa shape index (κ1) is 20.1. The molecule has 0 spiro atoms. The first-order valence-electron chi connectivity index (χ1n) is 7.75. The summed E-state index contributed by atoms with van der Waals surface area (Å²) in [5.74, 6) is -0.970. The summed E-state index contributed by atoms with van der Waals surface area (Å²) in [6.07, 6.45) is -4.95. The molecule has 9 heteroatoms. The summed E-state index contributed by atoms with van der Waals surface area (Å²) in [5.41, 5.74) is 2.40. The fraction of sp³-hybridized carbons (Fsp3) is 0.222. The summed E-state index contributed by atoms with van der Waals surface area (Å²) in [6.45, 7) is 3.59. The molecule has 0 heterocycles. The van der Waals surface area contributed by atoms with Crippen LogP contribution < -0.4 is 10.1 Å². The third-order valence-corrected chi connectivity index (χ3v) is 3.59. The van der Waals surface area contributed by atoms with E-state index in [2.05, 4.69) is 15.0 Å². The molecule has 0 saturated carbocycles. The maximum Gasteiger partial charge on any atom is 0.573 e. The molecule has 144 valence electrons. The van der Waals surface area contributed by atoms with E-state index in [-0.39, 0.29) is 12.1 Å². The van der Waals surface area contributed by atoms with Crippen LogP contribution in [0.15, 0.2) is 35.3 Å². The van der Waals surface area contributed by atoms with Crippen molar-refractivity contribution in [3.05, 3.63) is 52.6 Å². The summed E-state index contributed by atoms with van der Waals surface area (Å²) in [5, 5.41) is 20.8. The van der Waals surface area contributed by atoms with Crippen molar-refractivity contribution in [2.24, 2.45) is 4.99 Å². The molecule has 0 atom stereocenters. The molecule has 0 fully saturated rings. The standard InChI is InChI=1S/C18H17F3N2O4/c1-10-6-12(8-23-17(25)26)7-11(2)16(10)22-9-13-14(24)4-3-5-15(13)27-18(19,20)21/h3-7,9,23-24H,8H2,1-2H3,(H,25,26). The van der Waals surface area contributed by atoms with E-state index < -0.39 is 24.0 Å². The molecule has 1 amide bonds. The highest BCUT2D eigenvalue weighted by molar-refractivity contribution is 5.89. The molecular formula is C18H17F3N2O4. The second kappa shape index (κ2) is 7.98. The number of benzene rings is 2. The van der Waals surface area contributed by atoms with Gasteiger partial charge in [-0.05, 0) is 42.7 Å². The fourth-order valence-corrected chi connectivity index (χ4v) is 2.53. The van der Waals surface area contributed by atoms with E-state index >= 15 is 0 Å². The number of nitrogens with zero attached hydrogens (tertiary/aromatic N) is 1. The van der Waals surface area contributed by atoms with Gasteiger partial charge in [-0.15, -0.1) is 13.2 Å². The summed E-state index contributed by atoms with van der Waals surface area (Å²) in [4.78, 5) is 14.8. The molecule has 0 radical (unpaired) electrons. The third kappa shape index (κ3) is 5.63. The topological polar surface area (TPSA) is 91.2 Å². The van der Waals surface area contributed by atoms with E-state index in [1.807, 2.05) is 0 Å². The Balaban J connectivity index is 2.35. The number of aryl methyl sites for hydroxylation is 2. The summed E-state index contributed by atoms with van der Waals surface area (Å²) < 4.78 is 41.5. The van der Waals surface area contributed by atoms with Crippen LogP contribution in [-0.4, -0.2) is 28.9 Å². The molecule has 2 aromatic carbocycles. The van der Waals surface area contributed by atoms with E-state index in [1.165, 1.54) is 12.1 Å². The average Bonchev–Trinajstić information content (AvgIpc) is 2.53. The quantitative estimate of drug-likeness (QED) is 0.668. The lowest BCUT2D eigenvalue weighted by Crippen LogP contribution is -2.20. The Morgan fingerprint density at radius 2 is 1.89 bits per heavy atom. The van der Waals surface area contributed by atoms with Crippen molar-refractivity contribution in [3.63, 3.8) is 0 Å². The highest BCUT2D eigenvalue weighted by atomic mass is 19.4. The summed E-state index contributed by atoms with van der Waals surface area (Å²) in [7, 11) is 0. The monoisotopic (exact) mass is 382 g/mol. The van der Waals surface area contributed by atoms with Gasteiger partial charge in [-0.3, -0.25) is 4.99 Å². The van der Waals surface area contributed by atoms with Crippen LogP contribution in [0.2, 0.25) is 0 Å². The molecule has 2 aromatic rings. The second-order valence-electron chi connectivity index (χ2n) is 5.73. The van der Waals surface area contributed by atoms with Gasteiger partial charge in [0.05, 0.1) is 11.3 Å². The molecule has 3 N–H and O–H groups in total. The number of aliphatic imine (C=N–C) groups is 1. The van der Waals surface area contributed by atoms with Crippen LogP contribution in [0.1, 0.15) is 22.3 Å². The zero-order valence-electron chi connectivity index (χ0n) is 14.5. The first-order valence-corrected chi connectivity index (χ1v) is 7.75. The number of phenolic OH excluding ortho intramolecular Hbond substituents is 1. The highest BCUT2D eigenvalue weighted by Crippen LogP contribution is 2.32. The molecule has 0 unspecified atom stereocenters. The minimum atomic E-state index is -4.90. The Bertz CT molecular complexity index is 856. The van der Waals surface area contributed by atoms with Gasteiger partial charge in [0.15, 0.2) is 0 Å². The molecule has 0 aliphatic rings. The number of hydrogen-bond acceptors (Lipinski definition) is 4. The van der Waals surface area contributed by atoms with Crippen LogP contribution in [0.3, 0.4) is 0 Å². The Labute approximate surface area is 152 Å². The number of amides is 1. The van der Waals surface area contributed by atoms with Crippen molar-refractivity contribution in [3.8, 4) is 11.5 Å². The van der Waals surface area contributed by atoms with Gasteiger partial charge >= 0.3 is 12.5 Å². The smallest absolute Gasteiger partial charge is 0.507 e. The van der Waals surface area contributed by atoms with Crippen molar-refractivity contribution in [1.29, 1.82) is 0 Å². The van der Waals surface area contributed by atoms with Crippen LogP contribution in [-0.2, 0) is 6.54 Å². The number of halogens is 3. The Morgan fingerprint density at radius 3 is 2.44 bits per heavy atom. The molecule has 0 aliphatic heterocycles. The fourth-order valence-electron chi connectivity index (χ4n) is 2.53. The predicted molar refractivity (Wildman–Crippen MR) is 92.8 cm³/mol. The predicted octanol–water partition coefficient (Wildman–Crippen LogP) is 4.43. The lowest BCUT2D eigenvalue weighted by Gasteiger charge is -2.12. The van der Waals surface area contributed by atoms with Gasteiger partial charge in [0, 0.05) is 12.8 Å². The Hall–Kier alpha value is -3.23. The minimum absolute atomic E-state index is 0.115. The van der Waals surface area contributed by atoms with Gasteiger partial charge in [-0.1, -0.05) is 18.2 Å². The number of nitrogens with one attached hydrogen (secondary N) is 1. The van der Waals surface area contributed by atoms with Gasteiger partial charge in [-0.25, -0.2) is 4.79 Å². The van der Waals surface area contributed by atoms with Crippen LogP contribution in [0.4, 0.5) is 23.7 Å². The van der Waals surface area contributed by atoms with Gasteiger partial charge in [-0.2, -0.15) is 0 Å². The maximum absolute atomic E-state index is 12.5. The Kier molecular flexibility index (Phi) is 5.94. The number of ether oxygens (including phenoxy) is 1. The number of rotatable bonds is 5. The molecule has 0 aromatic heterocycles. The van der Waals surface area contributed by atoms with Crippen molar-refractivity contribution in [2.45, 2.75) is 26.8 Å². The lowest BCUT2D eigenvalue weighted by atomic mass is 10.0. The number of alkyl halides is 3. The highest BCUT2D eigenvalue weighted by Gasteiger charge is 2.32. The number of phenols is 1. The van der Waals surface area contributed by atoms with E-state index in [0.29, 0.717) is 16.8 Å². The van der Waals surface area contributed by atoms with E-state index in [9.17, 15) is 23.1 Å². The number of carboxylic acid groups (broad SMARTS) is 1. The van der Waals surface area contributed by atoms with E-state index in [4.69, 9.17) is 5.11 Å². The van der Waals surface area contributed by atoms with Crippen molar-refractivity contribution in [1.82, 2.24) is 5.32 Å².